The molecule has 1 saturated heterocycles. The first-order valence-electron chi connectivity index (χ1n) is 10.6. The van der Waals surface area contributed by atoms with Gasteiger partial charge < -0.3 is 9.84 Å². The maximum Gasteiger partial charge on any atom is 0.133 e. The quantitative estimate of drug-likeness (QED) is 0.731. The van der Waals surface area contributed by atoms with Gasteiger partial charge in [-0.05, 0) is 81.0 Å². The van der Waals surface area contributed by atoms with Crippen LogP contribution in [-0.2, 0) is 9.53 Å². The second-order valence-corrected chi connectivity index (χ2v) is 10.8. The summed E-state index contributed by atoms with van der Waals surface area (Å²) in [5, 5.41) is 10.4. The van der Waals surface area contributed by atoms with E-state index in [1.807, 2.05) is 6.92 Å². The van der Waals surface area contributed by atoms with Crippen LogP contribution in [0.3, 0.4) is 0 Å². The molecule has 5 aliphatic rings. The number of ketones is 1. The van der Waals surface area contributed by atoms with Gasteiger partial charge in [0.25, 0.3) is 0 Å². The van der Waals surface area contributed by atoms with Gasteiger partial charge in [-0.15, -0.1) is 0 Å². The van der Waals surface area contributed by atoms with Gasteiger partial charge in [0.15, 0.2) is 0 Å². The van der Waals surface area contributed by atoms with Gasteiger partial charge in [0.05, 0.1) is 12.2 Å². The molecule has 5 fully saturated rings. The maximum atomic E-state index is 12.4. The van der Waals surface area contributed by atoms with Crippen molar-refractivity contribution in [2.75, 3.05) is 0 Å². The van der Waals surface area contributed by atoms with Crippen molar-refractivity contribution in [2.24, 2.45) is 40.4 Å². The molecule has 3 heteroatoms. The number of aliphatic hydroxyl groups is 1. The number of carbonyl (C=O) groups is 1. The van der Waals surface area contributed by atoms with Crippen LogP contribution in [0.25, 0.3) is 0 Å². The Kier molecular flexibility index (Phi) is 3.28. The molecule has 1 aliphatic heterocycles. The normalized spacial score (nSPS) is 62.4. The number of ether oxygens (including phenoxy) is 1. The number of aliphatic hydroxyl groups excluding tert-OH is 1. The monoisotopic (exact) mass is 346 g/mol. The Morgan fingerprint density at radius 2 is 1.92 bits per heavy atom. The van der Waals surface area contributed by atoms with E-state index in [9.17, 15) is 9.90 Å². The van der Waals surface area contributed by atoms with Gasteiger partial charge in [-0.25, -0.2) is 0 Å². The zero-order valence-electron chi connectivity index (χ0n) is 16.3. The summed E-state index contributed by atoms with van der Waals surface area (Å²) >= 11 is 0. The lowest BCUT2D eigenvalue weighted by molar-refractivity contribution is -0.136. The summed E-state index contributed by atoms with van der Waals surface area (Å²) in [4.78, 5) is 12.4. The highest BCUT2D eigenvalue weighted by Gasteiger charge is 2.76. The van der Waals surface area contributed by atoms with Crippen LogP contribution in [0.1, 0.15) is 72.6 Å². The van der Waals surface area contributed by atoms with Crippen molar-refractivity contribution in [3.8, 4) is 0 Å². The third-order valence-electron chi connectivity index (χ3n) is 9.84. The Hall–Kier alpha value is -0.410. The van der Waals surface area contributed by atoms with Crippen LogP contribution in [-0.4, -0.2) is 28.7 Å². The van der Waals surface area contributed by atoms with Crippen molar-refractivity contribution in [2.45, 2.75) is 90.4 Å². The van der Waals surface area contributed by atoms with Gasteiger partial charge in [0.1, 0.15) is 11.4 Å². The molecule has 0 bridgehead atoms. The Morgan fingerprint density at radius 3 is 2.64 bits per heavy atom. The summed E-state index contributed by atoms with van der Waals surface area (Å²) in [5.74, 6) is 3.28. The van der Waals surface area contributed by atoms with Crippen LogP contribution >= 0.6 is 0 Å². The minimum absolute atomic E-state index is 0.0724. The first kappa shape index (κ1) is 16.7. The molecule has 1 heterocycles. The van der Waals surface area contributed by atoms with Gasteiger partial charge in [0.2, 0.25) is 0 Å². The molecule has 0 aromatic heterocycles. The summed E-state index contributed by atoms with van der Waals surface area (Å²) in [7, 11) is 0. The fourth-order valence-electron chi connectivity index (χ4n) is 8.91. The van der Waals surface area contributed by atoms with Crippen molar-refractivity contribution in [1.82, 2.24) is 0 Å². The number of hydrogen-bond acceptors (Lipinski definition) is 3. The molecule has 0 amide bonds. The van der Waals surface area contributed by atoms with Crippen LogP contribution in [0.4, 0.5) is 0 Å². The molecule has 10 atom stereocenters. The minimum atomic E-state index is -0.154. The standard InChI is InChI=1S/C22H34O3/c1-12-9-17(13(2)23)20(3)7-6-16-15(19(12)20)10-18-22(25-18)8-5-14(24)11-21(16,22)4/h12,14-19,24H,5-11H2,1-4H3/t12-,14+,15+,16+,17-,18-,19+,20+,21+,22-/m0/s1. The minimum Gasteiger partial charge on any atom is -0.393 e. The predicted molar refractivity (Wildman–Crippen MR) is 95.9 cm³/mol. The summed E-state index contributed by atoms with van der Waals surface area (Å²) < 4.78 is 6.43. The summed E-state index contributed by atoms with van der Waals surface area (Å²) in [6, 6.07) is 0. The first-order chi connectivity index (χ1) is 11.7. The Morgan fingerprint density at radius 1 is 1.16 bits per heavy atom. The van der Waals surface area contributed by atoms with Crippen LogP contribution < -0.4 is 0 Å². The van der Waals surface area contributed by atoms with Crippen LogP contribution in [0.5, 0.6) is 0 Å². The number of fused-ring (bicyclic) bond motifs is 4. The Labute approximate surface area is 151 Å². The number of rotatable bonds is 1. The fraction of sp³-hybridized carbons (Fsp3) is 0.955. The average molecular weight is 347 g/mol. The molecular weight excluding hydrogens is 312 g/mol. The van der Waals surface area contributed by atoms with E-state index in [1.165, 1.54) is 19.3 Å². The van der Waals surface area contributed by atoms with Crippen molar-refractivity contribution in [3.63, 3.8) is 0 Å². The number of hydrogen-bond donors (Lipinski definition) is 1. The Balaban J connectivity index is 1.53. The number of epoxide rings is 1. The van der Waals surface area contributed by atoms with E-state index < -0.39 is 0 Å². The van der Waals surface area contributed by atoms with Gasteiger partial charge in [-0.1, -0.05) is 20.8 Å². The van der Waals surface area contributed by atoms with Crippen molar-refractivity contribution >= 4 is 5.78 Å². The largest absolute Gasteiger partial charge is 0.393 e. The molecular formula is C22H34O3. The number of carbonyl (C=O) groups excluding carboxylic acids is 1. The van der Waals surface area contributed by atoms with Crippen LogP contribution in [0.15, 0.2) is 0 Å². The topological polar surface area (TPSA) is 49.8 Å². The van der Waals surface area contributed by atoms with Gasteiger partial charge >= 0.3 is 0 Å². The summed E-state index contributed by atoms with van der Waals surface area (Å²) in [6.07, 6.45) is 7.81. The molecule has 3 nitrogen and oxygen atoms in total. The lowest BCUT2D eigenvalue weighted by Crippen LogP contribution is -2.59. The smallest absolute Gasteiger partial charge is 0.133 e. The van der Waals surface area contributed by atoms with E-state index in [-0.39, 0.29) is 28.5 Å². The fourth-order valence-corrected chi connectivity index (χ4v) is 8.91. The van der Waals surface area contributed by atoms with Crippen molar-refractivity contribution < 1.29 is 14.6 Å². The molecule has 25 heavy (non-hydrogen) atoms. The zero-order chi connectivity index (χ0) is 17.8. The van der Waals surface area contributed by atoms with Gasteiger partial charge in [0, 0.05) is 11.3 Å². The predicted octanol–water partition coefficient (Wildman–Crippen LogP) is 3.97. The average Bonchev–Trinajstić information content (AvgIpc) is 3.16. The van der Waals surface area contributed by atoms with Gasteiger partial charge in [-0.3, -0.25) is 4.79 Å². The molecule has 1 spiro atoms. The van der Waals surface area contributed by atoms with Gasteiger partial charge in [-0.2, -0.15) is 0 Å². The molecule has 0 aromatic rings. The maximum absolute atomic E-state index is 12.4. The zero-order valence-corrected chi connectivity index (χ0v) is 16.3. The highest BCUT2D eigenvalue weighted by atomic mass is 16.6. The van der Waals surface area contributed by atoms with Crippen LogP contribution in [0.2, 0.25) is 0 Å². The van der Waals surface area contributed by atoms with Crippen molar-refractivity contribution in [1.29, 1.82) is 0 Å². The molecule has 4 aliphatic carbocycles. The molecule has 140 valence electrons. The van der Waals surface area contributed by atoms with E-state index >= 15 is 0 Å². The van der Waals surface area contributed by atoms with E-state index in [4.69, 9.17) is 4.74 Å². The molecule has 1 N–H and O–H groups in total. The number of Topliss-reactive ketones (excluding diaryl/α,β-unsaturated/α-hetero) is 1. The first-order valence-corrected chi connectivity index (χ1v) is 10.6. The SMILES string of the molecule is CC(=O)[C@@H]1C[C@H](C)[C@@H]2[C@@H]3C[C@@H]4O[C@@]45CC[C@@H](O)C[C@]5(C)[C@@H]3CC[C@@]21C. The van der Waals surface area contributed by atoms with E-state index in [0.29, 0.717) is 35.6 Å². The summed E-state index contributed by atoms with van der Waals surface area (Å²) in [5.41, 5.74) is 0.390. The third-order valence-corrected chi connectivity index (χ3v) is 9.84. The van der Waals surface area contributed by atoms with Crippen LogP contribution in [0, 0.1) is 40.4 Å². The molecule has 0 aromatic carbocycles. The lowest BCUT2D eigenvalue weighted by atomic mass is 9.44. The lowest BCUT2D eigenvalue weighted by Gasteiger charge is -2.59. The molecule has 0 unspecified atom stereocenters. The third kappa shape index (κ3) is 1.87. The van der Waals surface area contributed by atoms with E-state index in [0.717, 1.165) is 25.7 Å². The van der Waals surface area contributed by atoms with Crippen molar-refractivity contribution in [3.05, 3.63) is 0 Å². The molecule has 0 radical (unpaired) electrons. The van der Waals surface area contributed by atoms with E-state index in [2.05, 4.69) is 20.8 Å². The highest BCUT2D eigenvalue weighted by Crippen LogP contribution is 2.74. The molecule has 4 saturated carbocycles. The molecule has 5 rings (SSSR count). The highest BCUT2D eigenvalue weighted by molar-refractivity contribution is 5.79. The summed E-state index contributed by atoms with van der Waals surface area (Å²) in [6.45, 7) is 9.04. The second kappa shape index (κ2) is 4.90. The second-order valence-electron chi connectivity index (χ2n) is 10.8. The van der Waals surface area contributed by atoms with E-state index in [1.54, 1.807) is 0 Å². The Bertz CT molecular complexity index is 616.